The second-order valence-corrected chi connectivity index (χ2v) is 4.75. The molecule has 0 spiro atoms. The molecule has 1 rings (SSSR count). The van der Waals surface area contributed by atoms with Gasteiger partial charge in [-0.3, -0.25) is 10.1 Å². The fourth-order valence-corrected chi connectivity index (χ4v) is 2.06. The molecule has 0 radical (unpaired) electrons. The van der Waals surface area contributed by atoms with Gasteiger partial charge in [0.1, 0.15) is 5.75 Å². The zero-order valence-electron chi connectivity index (χ0n) is 12.4. The summed E-state index contributed by atoms with van der Waals surface area (Å²) in [5, 5.41) is 6.10. The minimum atomic E-state index is -0.236. The molecule has 1 aromatic rings. The Bertz CT molecular complexity index is 432. The number of benzene rings is 1. The Hall–Kier alpha value is -1.55. The molecule has 0 aliphatic heterocycles. The Morgan fingerprint density at radius 1 is 1.37 bits per heavy atom. The highest BCUT2D eigenvalue weighted by molar-refractivity contribution is 5.81. The number of likely N-dealkylation sites (N-methyl/N-ethyl adjacent to an activating group) is 1. The smallest absolute Gasteiger partial charge is 0.236 e. The van der Waals surface area contributed by atoms with Gasteiger partial charge < -0.3 is 10.1 Å². The first-order chi connectivity index (χ1) is 8.99. The van der Waals surface area contributed by atoms with Gasteiger partial charge in [-0.05, 0) is 33.8 Å². The Kier molecular flexibility index (Phi) is 5.83. The molecule has 4 nitrogen and oxygen atoms in total. The maximum atomic E-state index is 11.7. The van der Waals surface area contributed by atoms with Crippen LogP contribution in [0.1, 0.15) is 37.9 Å². The number of methoxy groups -OCH3 is 1. The van der Waals surface area contributed by atoms with Crippen LogP contribution in [0.3, 0.4) is 0 Å². The third-order valence-corrected chi connectivity index (χ3v) is 3.10. The van der Waals surface area contributed by atoms with Gasteiger partial charge in [0.15, 0.2) is 0 Å². The van der Waals surface area contributed by atoms with Gasteiger partial charge in [0.25, 0.3) is 0 Å². The van der Waals surface area contributed by atoms with Crippen LogP contribution in [0, 0.1) is 6.92 Å². The maximum absolute atomic E-state index is 11.7. The average molecular weight is 264 g/mol. The van der Waals surface area contributed by atoms with Crippen molar-refractivity contribution in [3.8, 4) is 5.75 Å². The van der Waals surface area contributed by atoms with E-state index in [-0.39, 0.29) is 18.0 Å². The van der Waals surface area contributed by atoms with Gasteiger partial charge >= 0.3 is 0 Å². The zero-order chi connectivity index (χ0) is 14.4. The van der Waals surface area contributed by atoms with E-state index >= 15 is 0 Å². The van der Waals surface area contributed by atoms with E-state index in [9.17, 15) is 4.79 Å². The van der Waals surface area contributed by atoms with Crippen molar-refractivity contribution < 1.29 is 9.53 Å². The molecular formula is C15H24N2O2. The third kappa shape index (κ3) is 4.24. The molecule has 2 N–H and O–H groups in total. The lowest BCUT2D eigenvalue weighted by atomic mass is 10.0. The Labute approximate surface area is 115 Å². The molecule has 2 unspecified atom stereocenters. The van der Waals surface area contributed by atoms with Crippen molar-refractivity contribution in [3.05, 3.63) is 29.3 Å². The lowest BCUT2D eigenvalue weighted by Crippen LogP contribution is -2.43. The van der Waals surface area contributed by atoms with E-state index in [2.05, 4.69) is 16.7 Å². The van der Waals surface area contributed by atoms with E-state index in [4.69, 9.17) is 4.74 Å². The summed E-state index contributed by atoms with van der Waals surface area (Å²) in [5.74, 6) is 0.856. The molecule has 0 aromatic heterocycles. The number of rotatable bonds is 6. The fourth-order valence-electron chi connectivity index (χ4n) is 2.06. The first-order valence-electron chi connectivity index (χ1n) is 6.67. The second kappa shape index (κ2) is 7.14. The fraction of sp³-hybridized carbons (Fsp3) is 0.533. The van der Waals surface area contributed by atoms with Crippen LogP contribution in [-0.2, 0) is 4.79 Å². The van der Waals surface area contributed by atoms with Crippen LogP contribution in [-0.4, -0.2) is 25.6 Å². The molecule has 1 aromatic carbocycles. The van der Waals surface area contributed by atoms with Gasteiger partial charge in [0.05, 0.1) is 13.2 Å². The second-order valence-electron chi connectivity index (χ2n) is 4.75. The number of hydrogen-bond donors (Lipinski definition) is 2. The molecule has 2 atom stereocenters. The molecular weight excluding hydrogens is 240 g/mol. The SMILES string of the molecule is CCNC(=O)C(C)NC(C)c1cc(C)ccc1OC. The van der Waals surface area contributed by atoms with E-state index in [1.54, 1.807) is 7.11 Å². The zero-order valence-corrected chi connectivity index (χ0v) is 12.4. The van der Waals surface area contributed by atoms with Crippen molar-refractivity contribution in [1.82, 2.24) is 10.6 Å². The number of carbonyl (C=O) groups is 1. The van der Waals surface area contributed by atoms with Crippen molar-refractivity contribution in [2.75, 3.05) is 13.7 Å². The van der Waals surface area contributed by atoms with Crippen molar-refractivity contribution in [2.45, 2.75) is 39.8 Å². The monoisotopic (exact) mass is 264 g/mol. The van der Waals surface area contributed by atoms with Gasteiger partial charge in [-0.15, -0.1) is 0 Å². The number of ether oxygens (including phenoxy) is 1. The first kappa shape index (κ1) is 15.5. The van der Waals surface area contributed by atoms with Crippen molar-refractivity contribution in [2.24, 2.45) is 0 Å². The van der Waals surface area contributed by atoms with E-state index in [0.29, 0.717) is 6.54 Å². The van der Waals surface area contributed by atoms with E-state index in [0.717, 1.165) is 11.3 Å². The quantitative estimate of drug-likeness (QED) is 0.828. The summed E-state index contributed by atoms with van der Waals surface area (Å²) in [7, 11) is 1.66. The highest BCUT2D eigenvalue weighted by atomic mass is 16.5. The molecule has 4 heteroatoms. The standard InChI is InChI=1S/C15H24N2O2/c1-6-16-15(18)12(4)17-11(3)13-9-10(2)7-8-14(13)19-5/h7-9,11-12,17H,6H2,1-5H3,(H,16,18). The minimum absolute atomic E-state index is 0.0148. The summed E-state index contributed by atoms with van der Waals surface area (Å²) in [5.41, 5.74) is 2.24. The maximum Gasteiger partial charge on any atom is 0.236 e. The van der Waals surface area contributed by atoms with Crippen LogP contribution in [0.5, 0.6) is 5.75 Å². The van der Waals surface area contributed by atoms with Gasteiger partial charge in [0, 0.05) is 18.2 Å². The molecule has 0 aliphatic carbocycles. The molecule has 0 aliphatic rings. The highest BCUT2D eigenvalue weighted by Gasteiger charge is 2.18. The molecule has 0 saturated carbocycles. The first-order valence-corrected chi connectivity index (χ1v) is 6.67. The van der Waals surface area contributed by atoms with Gasteiger partial charge in [-0.25, -0.2) is 0 Å². The molecule has 0 heterocycles. The normalized spacial score (nSPS) is 13.7. The molecule has 1 amide bonds. The predicted molar refractivity (Wildman–Crippen MR) is 77.4 cm³/mol. The van der Waals surface area contributed by atoms with Crippen LogP contribution in [0.2, 0.25) is 0 Å². The lowest BCUT2D eigenvalue weighted by Gasteiger charge is -2.21. The van der Waals surface area contributed by atoms with Crippen molar-refractivity contribution >= 4 is 5.91 Å². The van der Waals surface area contributed by atoms with E-state index < -0.39 is 0 Å². The number of amides is 1. The van der Waals surface area contributed by atoms with Crippen LogP contribution < -0.4 is 15.4 Å². The average Bonchev–Trinajstić information content (AvgIpc) is 2.38. The predicted octanol–water partition coefficient (Wildman–Crippen LogP) is 2.18. The van der Waals surface area contributed by atoms with Gasteiger partial charge in [-0.2, -0.15) is 0 Å². The van der Waals surface area contributed by atoms with Crippen LogP contribution in [0.25, 0.3) is 0 Å². The van der Waals surface area contributed by atoms with E-state index in [1.807, 2.05) is 39.8 Å². The molecule has 0 fully saturated rings. The molecule has 0 saturated heterocycles. The Morgan fingerprint density at radius 2 is 2.05 bits per heavy atom. The summed E-state index contributed by atoms with van der Waals surface area (Å²) < 4.78 is 5.37. The summed E-state index contributed by atoms with van der Waals surface area (Å²) in [6.07, 6.45) is 0. The van der Waals surface area contributed by atoms with Crippen molar-refractivity contribution in [3.63, 3.8) is 0 Å². The largest absolute Gasteiger partial charge is 0.496 e. The third-order valence-electron chi connectivity index (χ3n) is 3.10. The van der Waals surface area contributed by atoms with E-state index in [1.165, 1.54) is 5.56 Å². The van der Waals surface area contributed by atoms with Gasteiger partial charge in [0.2, 0.25) is 5.91 Å². The Balaban J connectivity index is 2.80. The van der Waals surface area contributed by atoms with Crippen LogP contribution >= 0.6 is 0 Å². The lowest BCUT2D eigenvalue weighted by molar-refractivity contribution is -0.122. The summed E-state index contributed by atoms with van der Waals surface area (Å²) in [4.78, 5) is 11.7. The van der Waals surface area contributed by atoms with Crippen LogP contribution in [0.15, 0.2) is 18.2 Å². The number of nitrogens with one attached hydrogen (secondary N) is 2. The Morgan fingerprint density at radius 3 is 2.63 bits per heavy atom. The number of aryl methyl sites for hydroxylation is 1. The molecule has 19 heavy (non-hydrogen) atoms. The highest BCUT2D eigenvalue weighted by Crippen LogP contribution is 2.26. The minimum Gasteiger partial charge on any atom is -0.496 e. The van der Waals surface area contributed by atoms with Gasteiger partial charge in [-0.1, -0.05) is 17.7 Å². The summed E-state index contributed by atoms with van der Waals surface area (Å²) >= 11 is 0. The van der Waals surface area contributed by atoms with Crippen LogP contribution in [0.4, 0.5) is 0 Å². The topological polar surface area (TPSA) is 50.4 Å². The number of carbonyl (C=O) groups excluding carboxylic acids is 1. The number of hydrogen-bond acceptors (Lipinski definition) is 3. The molecule has 106 valence electrons. The summed E-state index contributed by atoms with van der Waals surface area (Å²) in [6.45, 7) is 8.50. The molecule has 0 bridgehead atoms. The van der Waals surface area contributed by atoms with Crippen molar-refractivity contribution in [1.29, 1.82) is 0 Å². The summed E-state index contributed by atoms with van der Waals surface area (Å²) in [6, 6.07) is 5.87.